The molecule has 2 rings (SSSR count). The number of alkyl carbamates (subject to hydrolysis) is 1. The lowest BCUT2D eigenvalue weighted by Crippen LogP contribution is -2.33. The second-order valence-corrected chi connectivity index (χ2v) is 5.68. The Hall–Kier alpha value is -1.62. The summed E-state index contributed by atoms with van der Waals surface area (Å²) in [6.45, 7) is 0. The van der Waals surface area contributed by atoms with Gasteiger partial charge >= 0.3 is 6.09 Å². The molecular weight excluding hydrogens is 250 g/mol. The molecule has 0 radical (unpaired) electrons. The topological polar surface area (TPSA) is 55.4 Å². The third-order valence-electron chi connectivity index (χ3n) is 2.78. The number of hydrogen-bond acceptors (Lipinski definition) is 3. The molecule has 3 atom stereocenters. The minimum Gasteiger partial charge on any atom is -0.453 e. The Morgan fingerprint density at radius 3 is 2.72 bits per heavy atom. The van der Waals surface area contributed by atoms with Gasteiger partial charge in [-0.1, -0.05) is 30.4 Å². The lowest BCUT2D eigenvalue weighted by molar-refractivity contribution is 0.168. The van der Waals surface area contributed by atoms with Gasteiger partial charge in [0.05, 0.1) is 29.2 Å². The highest BCUT2D eigenvalue weighted by atomic mass is 32.2. The Kier molecular flexibility index (Phi) is 4.15. The predicted molar refractivity (Wildman–Crippen MR) is 69.7 cm³/mol. The van der Waals surface area contributed by atoms with E-state index in [1.807, 2.05) is 42.5 Å². The molecule has 1 aromatic carbocycles. The van der Waals surface area contributed by atoms with Gasteiger partial charge in [-0.2, -0.15) is 0 Å². The third-order valence-corrected chi connectivity index (χ3v) is 4.42. The number of rotatable bonds is 3. The number of benzene rings is 1. The van der Waals surface area contributed by atoms with Gasteiger partial charge in [-0.05, 0) is 18.6 Å². The molecule has 0 fully saturated rings. The van der Waals surface area contributed by atoms with Gasteiger partial charge in [0.1, 0.15) is 0 Å². The van der Waals surface area contributed by atoms with Gasteiger partial charge in [-0.3, -0.25) is 4.21 Å². The zero-order chi connectivity index (χ0) is 13.0. The first-order valence-electron chi connectivity index (χ1n) is 5.69. The first kappa shape index (κ1) is 12.8. The summed E-state index contributed by atoms with van der Waals surface area (Å²) in [5, 5.41) is 2.62. The molecule has 5 heteroatoms. The fourth-order valence-electron chi connectivity index (χ4n) is 1.87. The Bertz CT molecular complexity index is 472. The predicted octanol–water partition coefficient (Wildman–Crippen LogP) is 1.85. The fraction of sp³-hybridized carbons (Fsp3) is 0.308. The molecule has 0 bridgehead atoms. The zero-order valence-electron chi connectivity index (χ0n) is 10.0. The highest BCUT2D eigenvalue weighted by Gasteiger charge is 2.25. The summed E-state index contributed by atoms with van der Waals surface area (Å²) in [6.07, 6.45) is 3.93. The van der Waals surface area contributed by atoms with Crippen molar-refractivity contribution >= 4 is 16.9 Å². The standard InChI is InChI=1S/C13H15NO3S/c1-17-13(15)14-10-7-8-12(9-10)18(16)11-5-3-2-4-6-11/h2-8,10,12H,9H2,1H3,(H,14,15)/t10-,12+,18?/m1/s1. The Morgan fingerprint density at radius 2 is 2.06 bits per heavy atom. The van der Waals surface area contributed by atoms with E-state index < -0.39 is 16.9 Å². The van der Waals surface area contributed by atoms with Crippen molar-refractivity contribution in [1.82, 2.24) is 5.32 Å². The number of carbonyl (C=O) groups is 1. The second-order valence-electron chi connectivity index (χ2n) is 4.01. The number of methoxy groups -OCH3 is 1. The number of carbonyl (C=O) groups excluding carboxylic acids is 1. The molecule has 96 valence electrons. The molecule has 0 aliphatic heterocycles. The first-order valence-corrected chi connectivity index (χ1v) is 6.90. The zero-order valence-corrected chi connectivity index (χ0v) is 10.9. The molecular formula is C13H15NO3S. The second kappa shape index (κ2) is 5.82. The minimum atomic E-state index is -1.08. The van der Waals surface area contributed by atoms with Gasteiger partial charge in [0.25, 0.3) is 0 Å². The fourth-order valence-corrected chi connectivity index (χ4v) is 3.26. The smallest absolute Gasteiger partial charge is 0.407 e. The normalized spacial score (nSPS) is 23.6. The quantitative estimate of drug-likeness (QED) is 0.849. The van der Waals surface area contributed by atoms with Crippen LogP contribution in [-0.4, -0.2) is 28.7 Å². The molecule has 1 aliphatic rings. The van der Waals surface area contributed by atoms with E-state index in [1.54, 1.807) is 0 Å². The van der Waals surface area contributed by atoms with Crippen LogP contribution in [-0.2, 0) is 15.5 Å². The van der Waals surface area contributed by atoms with Crippen molar-refractivity contribution in [3.63, 3.8) is 0 Å². The molecule has 1 aromatic rings. The highest BCUT2D eigenvalue weighted by molar-refractivity contribution is 7.85. The molecule has 4 nitrogen and oxygen atoms in total. The first-order chi connectivity index (χ1) is 8.70. The van der Waals surface area contributed by atoms with Crippen molar-refractivity contribution in [2.45, 2.75) is 22.6 Å². The van der Waals surface area contributed by atoms with Crippen molar-refractivity contribution in [3.8, 4) is 0 Å². The van der Waals surface area contributed by atoms with Gasteiger partial charge in [0.15, 0.2) is 0 Å². The monoisotopic (exact) mass is 265 g/mol. The van der Waals surface area contributed by atoms with Crippen LogP contribution >= 0.6 is 0 Å². The van der Waals surface area contributed by atoms with Gasteiger partial charge in [-0.15, -0.1) is 0 Å². The van der Waals surface area contributed by atoms with E-state index in [1.165, 1.54) is 7.11 Å². The van der Waals surface area contributed by atoms with Crippen molar-refractivity contribution < 1.29 is 13.7 Å². The molecule has 0 spiro atoms. The lowest BCUT2D eigenvalue weighted by atomic mass is 10.3. The van der Waals surface area contributed by atoms with Crippen molar-refractivity contribution in [3.05, 3.63) is 42.5 Å². The summed E-state index contributed by atoms with van der Waals surface area (Å²) in [6, 6.07) is 9.24. The van der Waals surface area contributed by atoms with Crippen LogP contribution < -0.4 is 5.32 Å². The average Bonchev–Trinajstić information content (AvgIpc) is 2.87. The van der Waals surface area contributed by atoms with Crippen LogP contribution in [0.25, 0.3) is 0 Å². The molecule has 0 saturated carbocycles. The van der Waals surface area contributed by atoms with E-state index in [4.69, 9.17) is 0 Å². The molecule has 18 heavy (non-hydrogen) atoms. The molecule has 1 aliphatic carbocycles. The number of ether oxygens (including phenoxy) is 1. The van der Waals surface area contributed by atoms with Crippen LogP contribution in [0.2, 0.25) is 0 Å². The van der Waals surface area contributed by atoms with Crippen LogP contribution in [0.3, 0.4) is 0 Å². The number of hydrogen-bond donors (Lipinski definition) is 1. The van der Waals surface area contributed by atoms with Crippen molar-refractivity contribution in [2.75, 3.05) is 7.11 Å². The van der Waals surface area contributed by atoms with Crippen LogP contribution in [0.5, 0.6) is 0 Å². The maximum atomic E-state index is 12.3. The van der Waals surface area contributed by atoms with Crippen LogP contribution in [0, 0.1) is 0 Å². The average molecular weight is 265 g/mol. The molecule has 0 aromatic heterocycles. The van der Waals surface area contributed by atoms with Gasteiger partial charge in [0.2, 0.25) is 0 Å². The molecule has 1 N–H and O–H groups in total. The maximum Gasteiger partial charge on any atom is 0.407 e. The molecule has 0 heterocycles. The number of nitrogens with one attached hydrogen (secondary N) is 1. The molecule has 1 unspecified atom stereocenters. The third kappa shape index (κ3) is 2.98. The van der Waals surface area contributed by atoms with Crippen LogP contribution in [0.1, 0.15) is 6.42 Å². The Labute approximate surface area is 108 Å². The maximum absolute atomic E-state index is 12.3. The Morgan fingerprint density at radius 1 is 1.33 bits per heavy atom. The van der Waals surface area contributed by atoms with E-state index in [0.717, 1.165) is 4.90 Å². The summed E-state index contributed by atoms with van der Waals surface area (Å²) >= 11 is 0. The Balaban J connectivity index is 1.96. The van der Waals surface area contributed by atoms with Gasteiger partial charge in [0, 0.05) is 4.90 Å². The summed E-state index contributed by atoms with van der Waals surface area (Å²) < 4.78 is 16.8. The highest BCUT2D eigenvalue weighted by Crippen LogP contribution is 2.21. The van der Waals surface area contributed by atoms with E-state index in [2.05, 4.69) is 10.1 Å². The SMILES string of the molecule is COC(=O)N[C@@H]1C=C[C@H](S(=O)c2ccccc2)C1. The summed E-state index contributed by atoms with van der Waals surface area (Å²) in [5.41, 5.74) is 0. The molecule has 0 saturated heterocycles. The summed E-state index contributed by atoms with van der Waals surface area (Å²) in [7, 11) is 0.252. The van der Waals surface area contributed by atoms with Crippen molar-refractivity contribution in [2.24, 2.45) is 0 Å². The summed E-state index contributed by atoms with van der Waals surface area (Å²) in [5.74, 6) is 0. The van der Waals surface area contributed by atoms with Gasteiger partial charge < -0.3 is 10.1 Å². The van der Waals surface area contributed by atoms with E-state index in [9.17, 15) is 9.00 Å². The van der Waals surface area contributed by atoms with Crippen LogP contribution in [0.4, 0.5) is 4.79 Å². The van der Waals surface area contributed by atoms with Crippen molar-refractivity contribution in [1.29, 1.82) is 0 Å². The minimum absolute atomic E-state index is 0.0606. The number of amides is 1. The van der Waals surface area contributed by atoms with E-state index >= 15 is 0 Å². The lowest BCUT2D eigenvalue weighted by Gasteiger charge is -2.12. The summed E-state index contributed by atoms with van der Waals surface area (Å²) in [4.78, 5) is 11.9. The van der Waals surface area contributed by atoms with E-state index in [-0.39, 0.29) is 11.3 Å². The molecule has 1 amide bonds. The van der Waals surface area contributed by atoms with Crippen LogP contribution in [0.15, 0.2) is 47.4 Å². The van der Waals surface area contributed by atoms with Gasteiger partial charge in [-0.25, -0.2) is 4.79 Å². The largest absolute Gasteiger partial charge is 0.453 e. The van der Waals surface area contributed by atoms with E-state index in [0.29, 0.717) is 6.42 Å².